The predicted octanol–water partition coefficient (Wildman–Crippen LogP) is 7.88. The van der Waals surface area contributed by atoms with E-state index in [2.05, 4.69) is 36.1 Å². The number of aliphatic imine (C=N–C) groups is 2. The molecule has 18 nitrogen and oxygen atoms in total. The van der Waals surface area contributed by atoms with Crippen LogP contribution in [0.25, 0.3) is 33.9 Å². The zero-order valence-corrected chi connectivity index (χ0v) is 37.7. The molecule has 63 heavy (non-hydrogen) atoms. The fraction of sp³-hybridized carbons (Fsp3) is 0.455. The van der Waals surface area contributed by atoms with Gasteiger partial charge < -0.3 is 39.0 Å². The van der Waals surface area contributed by atoms with Crippen LogP contribution in [0.5, 0.6) is 0 Å². The van der Waals surface area contributed by atoms with Crippen LogP contribution in [0.2, 0.25) is 0 Å². The number of benzene rings is 2. The number of carbonyl (C=O) groups excluding carboxylic acids is 3. The van der Waals surface area contributed by atoms with E-state index in [1.165, 1.54) is 6.07 Å². The van der Waals surface area contributed by atoms with Gasteiger partial charge in [-0.1, -0.05) is 36.4 Å². The SMILES string of the molecule is CNc1cc(C2=CCN(C(=NC(=O)OC(C)(C)C)NC(=O)O)CC2)cc(F)c1-c1nnc(-c2ccc(C3=CCN(C(=NC(=O)OC(C)(C)C)NC(=O)OC(C)(C)C)CC3)cc2)n1C. The van der Waals surface area contributed by atoms with Crippen molar-refractivity contribution >= 4 is 53.1 Å². The number of amides is 4. The van der Waals surface area contributed by atoms with E-state index in [1.807, 2.05) is 42.5 Å². The summed E-state index contributed by atoms with van der Waals surface area (Å²) in [6.07, 6.45) is 0.936. The van der Waals surface area contributed by atoms with Crippen molar-refractivity contribution in [3.05, 3.63) is 65.5 Å². The Balaban J connectivity index is 1.31. The highest BCUT2D eigenvalue weighted by Crippen LogP contribution is 2.36. The van der Waals surface area contributed by atoms with Gasteiger partial charge in [0.2, 0.25) is 11.9 Å². The molecule has 2 aliphatic rings. The summed E-state index contributed by atoms with van der Waals surface area (Å²) in [6, 6.07) is 11.0. The van der Waals surface area contributed by atoms with Crippen LogP contribution in [0.3, 0.4) is 0 Å². The van der Waals surface area contributed by atoms with E-state index in [-0.39, 0.29) is 24.0 Å². The van der Waals surface area contributed by atoms with E-state index >= 15 is 4.39 Å². The number of aromatic nitrogens is 3. The van der Waals surface area contributed by atoms with Gasteiger partial charge >= 0.3 is 24.4 Å². The quantitative estimate of drug-likeness (QED) is 0.109. The molecule has 3 heterocycles. The van der Waals surface area contributed by atoms with Crippen LogP contribution in [0.15, 0.2) is 58.5 Å². The Labute approximate surface area is 366 Å². The van der Waals surface area contributed by atoms with Crippen LogP contribution in [-0.4, -0.2) is 116 Å². The number of ether oxygens (including phenoxy) is 3. The standard InChI is InChI=1S/C44H57FN10O8/c1-42(2,3)61-39(58)48-36(47-38(56)57)54-22-18-28(19-23-54)30-24-31(45)33(32(25-30)46-10)35-52-51-34(53(35)11)29-14-12-26(13-15-29)27-16-20-55(21-17-27)37(49-40(59)62-43(4,5)6)50-41(60)63-44(7,8)9/h12-16,18,24-25,46H,17,19-23H2,1-11H3,(H,56,57)(H,47,48,58)(H,49,50,59,60). The third-order valence-corrected chi connectivity index (χ3v) is 9.37. The van der Waals surface area contributed by atoms with Crippen molar-refractivity contribution in [1.29, 1.82) is 0 Å². The zero-order valence-electron chi connectivity index (χ0n) is 37.7. The topological polar surface area (TPSA) is 214 Å². The average molecular weight is 873 g/mol. The lowest BCUT2D eigenvalue weighted by atomic mass is 9.96. The molecule has 3 aromatic rings. The Morgan fingerprint density at radius 3 is 1.63 bits per heavy atom. The summed E-state index contributed by atoms with van der Waals surface area (Å²) in [5.41, 5.74) is 2.62. The molecule has 5 rings (SSSR count). The normalized spacial score (nSPS) is 15.2. The Morgan fingerprint density at radius 1 is 0.698 bits per heavy atom. The summed E-state index contributed by atoms with van der Waals surface area (Å²) in [4.78, 5) is 60.4. The molecule has 4 amide bonds. The molecule has 4 N–H and O–H groups in total. The first-order chi connectivity index (χ1) is 29.4. The van der Waals surface area contributed by atoms with Crippen molar-refractivity contribution in [1.82, 2.24) is 35.2 Å². The van der Waals surface area contributed by atoms with Crippen LogP contribution in [0.1, 0.15) is 86.3 Å². The van der Waals surface area contributed by atoms with E-state index in [0.717, 1.165) is 22.3 Å². The second-order valence-electron chi connectivity index (χ2n) is 17.9. The summed E-state index contributed by atoms with van der Waals surface area (Å²) in [5, 5.41) is 26.1. The lowest BCUT2D eigenvalue weighted by molar-refractivity contribution is 0.0550. The number of carbonyl (C=O) groups is 4. The van der Waals surface area contributed by atoms with Gasteiger partial charge in [-0.3, -0.25) is 10.6 Å². The van der Waals surface area contributed by atoms with Gasteiger partial charge in [-0.15, -0.1) is 20.2 Å². The van der Waals surface area contributed by atoms with Crippen molar-refractivity contribution in [3.8, 4) is 22.8 Å². The van der Waals surface area contributed by atoms with Crippen LogP contribution < -0.4 is 16.0 Å². The van der Waals surface area contributed by atoms with Crippen LogP contribution >= 0.6 is 0 Å². The maximum absolute atomic E-state index is 16.2. The summed E-state index contributed by atoms with van der Waals surface area (Å²) >= 11 is 0. The first kappa shape index (κ1) is 47.3. The lowest BCUT2D eigenvalue weighted by Gasteiger charge is -2.30. The second-order valence-corrected chi connectivity index (χ2v) is 17.9. The van der Waals surface area contributed by atoms with Gasteiger partial charge in [-0.25, -0.2) is 23.6 Å². The number of guanidine groups is 2. The van der Waals surface area contributed by atoms with E-state index < -0.39 is 47.0 Å². The highest BCUT2D eigenvalue weighted by atomic mass is 19.1. The molecule has 0 saturated heterocycles. The first-order valence-corrected chi connectivity index (χ1v) is 20.4. The molecule has 0 fully saturated rings. The fourth-order valence-electron chi connectivity index (χ4n) is 6.68. The van der Waals surface area contributed by atoms with Crippen molar-refractivity contribution in [2.75, 3.05) is 38.5 Å². The molecule has 2 aliphatic heterocycles. The monoisotopic (exact) mass is 872 g/mol. The number of halogens is 1. The van der Waals surface area contributed by atoms with Crippen LogP contribution in [0.4, 0.5) is 29.3 Å². The Kier molecular flexibility index (Phi) is 14.3. The first-order valence-electron chi connectivity index (χ1n) is 20.4. The highest BCUT2D eigenvalue weighted by Gasteiger charge is 2.27. The highest BCUT2D eigenvalue weighted by molar-refractivity contribution is 6.00. The third kappa shape index (κ3) is 13.1. The van der Waals surface area contributed by atoms with Gasteiger partial charge in [-0.05, 0) is 110 Å². The maximum Gasteiger partial charge on any atom is 0.437 e. The van der Waals surface area contributed by atoms with E-state index in [1.54, 1.807) is 90.8 Å². The number of hydrogen-bond acceptors (Lipinski definition) is 10. The second kappa shape index (κ2) is 19.1. The molecule has 338 valence electrons. The molecule has 0 aliphatic carbocycles. The van der Waals surface area contributed by atoms with Crippen molar-refractivity contribution in [2.24, 2.45) is 17.0 Å². The molecule has 0 atom stereocenters. The van der Waals surface area contributed by atoms with E-state index in [0.29, 0.717) is 55.4 Å². The Bertz CT molecular complexity index is 2350. The van der Waals surface area contributed by atoms with Gasteiger partial charge in [0.1, 0.15) is 22.6 Å². The lowest BCUT2D eigenvalue weighted by Crippen LogP contribution is -2.48. The minimum absolute atomic E-state index is 0.0298. The summed E-state index contributed by atoms with van der Waals surface area (Å²) in [5.74, 6) is 0.186. The fourth-order valence-corrected chi connectivity index (χ4v) is 6.68. The van der Waals surface area contributed by atoms with E-state index in [9.17, 15) is 24.3 Å². The van der Waals surface area contributed by atoms with Gasteiger partial charge in [0, 0.05) is 51.5 Å². The van der Waals surface area contributed by atoms with Crippen molar-refractivity contribution < 1.29 is 42.9 Å². The Morgan fingerprint density at radius 2 is 1.17 bits per heavy atom. The predicted molar refractivity (Wildman–Crippen MR) is 238 cm³/mol. The number of nitrogens with one attached hydrogen (secondary N) is 3. The molecular formula is C44H57FN10O8. The number of rotatable bonds is 5. The average Bonchev–Trinajstić information content (AvgIpc) is 3.55. The van der Waals surface area contributed by atoms with Crippen LogP contribution in [0, 0.1) is 5.82 Å². The summed E-state index contributed by atoms with van der Waals surface area (Å²) < 4.78 is 33.9. The molecule has 0 saturated carbocycles. The number of carboxylic acid groups (broad SMARTS) is 1. The largest absolute Gasteiger partial charge is 0.465 e. The minimum Gasteiger partial charge on any atom is -0.465 e. The number of hydrogen-bond donors (Lipinski definition) is 4. The zero-order chi connectivity index (χ0) is 46.4. The molecule has 2 aromatic carbocycles. The minimum atomic E-state index is -1.38. The molecule has 0 radical (unpaired) electrons. The van der Waals surface area contributed by atoms with Crippen molar-refractivity contribution in [2.45, 2.75) is 92.0 Å². The summed E-state index contributed by atoms with van der Waals surface area (Å²) in [6.45, 7) is 16.8. The number of alkyl carbamates (subject to hydrolysis) is 1. The smallest absolute Gasteiger partial charge is 0.437 e. The van der Waals surface area contributed by atoms with Crippen molar-refractivity contribution in [3.63, 3.8) is 0 Å². The molecule has 0 spiro atoms. The van der Waals surface area contributed by atoms with Gasteiger partial charge in [-0.2, -0.15) is 0 Å². The summed E-state index contributed by atoms with van der Waals surface area (Å²) in [7, 11) is 3.46. The van der Waals surface area contributed by atoms with E-state index in [4.69, 9.17) is 14.2 Å². The molecule has 19 heteroatoms. The molecule has 0 bridgehead atoms. The van der Waals surface area contributed by atoms with Gasteiger partial charge in [0.15, 0.2) is 11.6 Å². The molecular weight excluding hydrogens is 816 g/mol. The maximum atomic E-state index is 16.2. The number of anilines is 1. The van der Waals surface area contributed by atoms with Gasteiger partial charge in [0.05, 0.1) is 5.56 Å². The number of nitrogens with zero attached hydrogens (tertiary/aromatic N) is 7. The van der Waals surface area contributed by atoms with Gasteiger partial charge in [0.25, 0.3) is 0 Å². The Hall–Kier alpha value is -6.79. The molecule has 0 unspecified atom stereocenters. The molecule has 1 aromatic heterocycles. The van der Waals surface area contributed by atoms with Crippen LogP contribution in [-0.2, 0) is 21.3 Å². The third-order valence-electron chi connectivity index (χ3n) is 9.37.